The van der Waals surface area contributed by atoms with Gasteiger partial charge in [0.05, 0.1) is 0 Å². The van der Waals surface area contributed by atoms with Gasteiger partial charge in [0.1, 0.15) is 0 Å². The number of rotatable bonds is 3. The Kier molecular flexibility index (Phi) is 4.76. The number of nitrogens with one attached hydrogen (secondary N) is 1. The normalized spacial score (nSPS) is 39.4. The lowest BCUT2D eigenvalue weighted by Gasteiger charge is -2.35. The number of hydrogen-bond donors (Lipinski definition) is 1. The third kappa shape index (κ3) is 3.72. The molecule has 1 fully saturated rings. The molecule has 0 aromatic heterocycles. The Labute approximate surface area is 118 Å². The smallest absolute Gasteiger partial charge is 0.0252 e. The van der Waals surface area contributed by atoms with Crippen molar-refractivity contribution in [3.05, 3.63) is 24.3 Å². The first kappa shape index (κ1) is 13.4. The van der Waals surface area contributed by atoms with E-state index in [0.29, 0.717) is 6.04 Å². The molecule has 0 heterocycles. The molecule has 1 N–H and O–H groups in total. The lowest BCUT2D eigenvalue weighted by atomic mass is 9.75. The molecule has 19 heavy (non-hydrogen) atoms. The largest absolute Gasteiger partial charge is 0.308 e. The summed E-state index contributed by atoms with van der Waals surface area (Å²) in [5.41, 5.74) is 0. The maximum Gasteiger partial charge on any atom is 0.0252 e. The van der Waals surface area contributed by atoms with Crippen LogP contribution in [-0.2, 0) is 0 Å². The molecule has 1 heteroatoms. The van der Waals surface area contributed by atoms with Crippen molar-refractivity contribution in [2.75, 3.05) is 0 Å². The summed E-state index contributed by atoms with van der Waals surface area (Å²) in [5, 5.41) is 3.88. The number of allylic oxidation sites excluding steroid dienone is 3. The molecule has 0 bridgehead atoms. The highest BCUT2D eigenvalue weighted by molar-refractivity contribution is 5.00. The quantitative estimate of drug-likeness (QED) is 0.730. The first-order valence-corrected chi connectivity index (χ1v) is 8.51. The summed E-state index contributed by atoms with van der Waals surface area (Å²) in [7, 11) is 0. The van der Waals surface area contributed by atoms with Gasteiger partial charge in [0.25, 0.3) is 0 Å². The predicted molar refractivity (Wildman–Crippen MR) is 82.1 cm³/mol. The summed E-state index contributed by atoms with van der Waals surface area (Å²) in [4.78, 5) is 0. The highest BCUT2D eigenvalue weighted by atomic mass is 14.9. The second-order valence-corrected chi connectivity index (χ2v) is 6.77. The van der Waals surface area contributed by atoms with E-state index >= 15 is 0 Å². The van der Waals surface area contributed by atoms with Crippen molar-refractivity contribution in [1.82, 2.24) is 5.32 Å². The summed E-state index contributed by atoms with van der Waals surface area (Å²) in [5.74, 6) is 1.89. The summed E-state index contributed by atoms with van der Waals surface area (Å²) in [6, 6.07) is 1.46. The standard InChI is InChI=1S/C18H29N/c1-3-7-15(8-4-1)16-11-13-18(14-12-16)19-17-9-5-2-6-10-17/h3,5,7,9,15-19H,1-2,4,6,8,10-14H2. The van der Waals surface area contributed by atoms with Gasteiger partial charge >= 0.3 is 0 Å². The summed E-state index contributed by atoms with van der Waals surface area (Å²) in [6.45, 7) is 0. The minimum Gasteiger partial charge on any atom is -0.308 e. The minimum atomic E-state index is 0.671. The van der Waals surface area contributed by atoms with Crippen LogP contribution in [0.1, 0.15) is 64.2 Å². The lowest BCUT2D eigenvalue weighted by Crippen LogP contribution is -2.40. The Hall–Kier alpha value is -0.560. The van der Waals surface area contributed by atoms with Crippen LogP contribution < -0.4 is 5.32 Å². The molecule has 1 saturated carbocycles. The van der Waals surface area contributed by atoms with Gasteiger partial charge in [0, 0.05) is 12.1 Å². The Balaban J connectivity index is 1.43. The molecule has 0 saturated heterocycles. The molecule has 2 atom stereocenters. The van der Waals surface area contributed by atoms with Gasteiger partial charge < -0.3 is 5.32 Å². The van der Waals surface area contributed by atoms with E-state index in [2.05, 4.69) is 29.6 Å². The second-order valence-electron chi connectivity index (χ2n) is 6.77. The topological polar surface area (TPSA) is 12.0 Å². The van der Waals surface area contributed by atoms with Crippen molar-refractivity contribution in [3.63, 3.8) is 0 Å². The molecule has 0 aromatic rings. The van der Waals surface area contributed by atoms with Gasteiger partial charge in [-0.05, 0) is 76.0 Å². The molecule has 1 nitrogen and oxygen atoms in total. The van der Waals surface area contributed by atoms with Crippen molar-refractivity contribution in [3.8, 4) is 0 Å². The van der Waals surface area contributed by atoms with E-state index in [-0.39, 0.29) is 0 Å². The fraction of sp³-hybridized carbons (Fsp3) is 0.778. The van der Waals surface area contributed by atoms with Crippen LogP contribution in [0.25, 0.3) is 0 Å². The lowest BCUT2D eigenvalue weighted by molar-refractivity contribution is 0.225. The third-order valence-corrected chi connectivity index (χ3v) is 5.37. The van der Waals surface area contributed by atoms with Gasteiger partial charge in [0.15, 0.2) is 0 Å². The molecular formula is C18H29N. The number of hydrogen-bond acceptors (Lipinski definition) is 1. The van der Waals surface area contributed by atoms with Crippen LogP contribution in [-0.4, -0.2) is 12.1 Å². The minimum absolute atomic E-state index is 0.671. The average molecular weight is 259 g/mol. The Morgan fingerprint density at radius 1 is 0.737 bits per heavy atom. The molecule has 106 valence electrons. The molecule has 0 aromatic carbocycles. The van der Waals surface area contributed by atoms with Crippen molar-refractivity contribution < 1.29 is 0 Å². The van der Waals surface area contributed by atoms with E-state index in [0.717, 1.165) is 17.9 Å². The van der Waals surface area contributed by atoms with Crippen LogP contribution in [0.2, 0.25) is 0 Å². The zero-order valence-corrected chi connectivity index (χ0v) is 12.2. The molecule has 3 aliphatic rings. The summed E-state index contributed by atoms with van der Waals surface area (Å²) in [6.07, 6.45) is 23.6. The van der Waals surface area contributed by atoms with Crippen LogP contribution in [0.15, 0.2) is 24.3 Å². The second kappa shape index (κ2) is 6.74. The monoisotopic (exact) mass is 259 g/mol. The van der Waals surface area contributed by atoms with E-state index in [1.54, 1.807) is 0 Å². The van der Waals surface area contributed by atoms with Gasteiger partial charge in [-0.2, -0.15) is 0 Å². The van der Waals surface area contributed by atoms with E-state index in [1.165, 1.54) is 64.2 Å². The van der Waals surface area contributed by atoms with Crippen LogP contribution in [0, 0.1) is 11.8 Å². The molecule has 0 spiro atoms. The van der Waals surface area contributed by atoms with Gasteiger partial charge in [0.2, 0.25) is 0 Å². The fourth-order valence-corrected chi connectivity index (χ4v) is 4.20. The molecular weight excluding hydrogens is 230 g/mol. The van der Waals surface area contributed by atoms with Crippen LogP contribution in [0.5, 0.6) is 0 Å². The van der Waals surface area contributed by atoms with E-state index in [1.807, 2.05) is 0 Å². The van der Waals surface area contributed by atoms with Crippen molar-refractivity contribution in [2.24, 2.45) is 11.8 Å². The molecule has 0 radical (unpaired) electrons. The summed E-state index contributed by atoms with van der Waals surface area (Å²) < 4.78 is 0. The van der Waals surface area contributed by atoms with Crippen molar-refractivity contribution >= 4 is 0 Å². The van der Waals surface area contributed by atoms with Gasteiger partial charge in [-0.25, -0.2) is 0 Å². The molecule has 3 rings (SSSR count). The zero-order chi connectivity index (χ0) is 12.9. The Morgan fingerprint density at radius 3 is 2.11 bits per heavy atom. The Bertz CT molecular complexity index is 323. The van der Waals surface area contributed by atoms with Gasteiger partial charge in [-0.1, -0.05) is 24.3 Å². The summed E-state index contributed by atoms with van der Waals surface area (Å²) >= 11 is 0. The molecule has 0 amide bonds. The highest BCUT2D eigenvalue weighted by Crippen LogP contribution is 2.35. The van der Waals surface area contributed by atoms with Crippen LogP contribution in [0.3, 0.4) is 0 Å². The maximum atomic E-state index is 3.88. The van der Waals surface area contributed by atoms with Gasteiger partial charge in [-0.15, -0.1) is 0 Å². The molecule has 3 aliphatic carbocycles. The van der Waals surface area contributed by atoms with Crippen LogP contribution in [0.4, 0.5) is 0 Å². The van der Waals surface area contributed by atoms with Crippen molar-refractivity contribution in [2.45, 2.75) is 76.3 Å². The van der Waals surface area contributed by atoms with Crippen LogP contribution >= 0.6 is 0 Å². The fourth-order valence-electron chi connectivity index (χ4n) is 4.20. The van der Waals surface area contributed by atoms with Crippen molar-refractivity contribution in [1.29, 1.82) is 0 Å². The Morgan fingerprint density at radius 2 is 1.47 bits per heavy atom. The van der Waals surface area contributed by atoms with E-state index in [4.69, 9.17) is 0 Å². The van der Waals surface area contributed by atoms with E-state index in [9.17, 15) is 0 Å². The molecule has 2 unspecified atom stereocenters. The average Bonchev–Trinajstić information content (AvgIpc) is 2.50. The highest BCUT2D eigenvalue weighted by Gasteiger charge is 2.27. The molecule has 0 aliphatic heterocycles. The maximum absolute atomic E-state index is 3.88. The van der Waals surface area contributed by atoms with Gasteiger partial charge in [-0.3, -0.25) is 0 Å². The predicted octanol–water partition coefficient (Wildman–Crippen LogP) is 4.60. The van der Waals surface area contributed by atoms with E-state index < -0.39 is 0 Å². The first-order valence-electron chi connectivity index (χ1n) is 8.51. The SMILES string of the molecule is C1=CC(NC2CCC(C3C=CCCC3)CC2)CCC1. The zero-order valence-electron chi connectivity index (χ0n) is 12.2. The third-order valence-electron chi connectivity index (χ3n) is 5.37. The first-order chi connectivity index (χ1) is 9.42.